The molecule has 5 nitrogen and oxygen atoms in total. The first-order chi connectivity index (χ1) is 11.5. The Bertz CT molecular complexity index is 747. The fourth-order valence-corrected chi connectivity index (χ4v) is 2.17. The molecular weight excluding hydrogens is 369 g/mol. The van der Waals surface area contributed by atoms with Gasteiger partial charge in [-0.05, 0) is 24.3 Å². The first kappa shape index (κ1) is 16.8. The van der Waals surface area contributed by atoms with Crippen molar-refractivity contribution in [2.45, 2.75) is 3.79 Å². The van der Waals surface area contributed by atoms with E-state index in [1.165, 1.54) is 0 Å². The van der Waals surface area contributed by atoms with E-state index in [1.54, 1.807) is 0 Å². The van der Waals surface area contributed by atoms with Gasteiger partial charge in [0, 0.05) is 11.4 Å². The molecule has 2 N–H and O–H groups in total. The molecule has 0 spiro atoms. The molecule has 0 bridgehead atoms. The van der Waals surface area contributed by atoms with E-state index in [4.69, 9.17) is 34.8 Å². The van der Waals surface area contributed by atoms with Crippen LogP contribution in [0.5, 0.6) is 0 Å². The Hall–Kier alpha value is -2.08. The molecule has 122 valence electrons. The van der Waals surface area contributed by atoms with Crippen LogP contribution in [-0.2, 0) is 3.79 Å². The van der Waals surface area contributed by atoms with Gasteiger partial charge in [-0.2, -0.15) is 15.0 Å². The summed E-state index contributed by atoms with van der Waals surface area (Å²) in [5.41, 5.74) is 1.62. The third kappa shape index (κ3) is 4.47. The summed E-state index contributed by atoms with van der Waals surface area (Å²) in [4.78, 5) is 12.7. The van der Waals surface area contributed by atoms with Gasteiger partial charge >= 0.3 is 0 Å². The molecule has 8 heteroatoms. The van der Waals surface area contributed by atoms with Crippen LogP contribution in [0.2, 0.25) is 0 Å². The Labute approximate surface area is 154 Å². The summed E-state index contributed by atoms with van der Waals surface area (Å²) in [7, 11) is 0. The Morgan fingerprint density at radius 2 is 1.04 bits per heavy atom. The van der Waals surface area contributed by atoms with Crippen LogP contribution in [-0.4, -0.2) is 15.0 Å². The van der Waals surface area contributed by atoms with Gasteiger partial charge in [-0.15, -0.1) is 0 Å². The van der Waals surface area contributed by atoms with Crippen LogP contribution in [0.15, 0.2) is 60.7 Å². The zero-order chi connectivity index (χ0) is 17.0. The predicted octanol–water partition coefficient (Wildman–Crippen LogP) is 5.19. The van der Waals surface area contributed by atoms with Gasteiger partial charge in [0.15, 0.2) is 5.82 Å². The van der Waals surface area contributed by atoms with Crippen molar-refractivity contribution in [3.05, 3.63) is 66.5 Å². The maximum atomic E-state index is 5.93. The average molecular weight is 381 g/mol. The molecule has 24 heavy (non-hydrogen) atoms. The number of nitrogens with zero attached hydrogens (tertiary/aromatic N) is 3. The molecule has 0 aliphatic carbocycles. The summed E-state index contributed by atoms with van der Waals surface area (Å²) < 4.78 is -1.76. The smallest absolute Gasteiger partial charge is 0.250 e. The molecule has 2 aromatic carbocycles. The van der Waals surface area contributed by atoms with E-state index in [0.29, 0.717) is 0 Å². The highest BCUT2D eigenvalue weighted by Crippen LogP contribution is 2.36. The first-order valence-corrected chi connectivity index (χ1v) is 8.11. The van der Waals surface area contributed by atoms with Gasteiger partial charge in [-0.1, -0.05) is 71.2 Å². The van der Waals surface area contributed by atoms with E-state index in [2.05, 4.69) is 25.6 Å². The van der Waals surface area contributed by atoms with Crippen molar-refractivity contribution in [3.8, 4) is 0 Å². The van der Waals surface area contributed by atoms with Gasteiger partial charge in [-0.25, -0.2) is 0 Å². The summed E-state index contributed by atoms with van der Waals surface area (Å²) in [5.74, 6) is 0.575. The van der Waals surface area contributed by atoms with Gasteiger partial charge in [0.2, 0.25) is 15.7 Å². The highest BCUT2D eigenvalue weighted by Gasteiger charge is 2.28. The zero-order valence-electron chi connectivity index (χ0n) is 12.2. The van der Waals surface area contributed by atoms with Crippen LogP contribution in [0.1, 0.15) is 5.82 Å². The molecule has 1 heterocycles. The van der Waals surface area contributed by atoms with Gasteiger partial charge in [0.25, 0.3) is 0 Å². The molecule has 0 aliphatic heterocycles. The molecule has 0 aliphatic rings. The van der Waals surface area contributed by atoms with Crippen LogP contribution in [0.3, 0.4) is 0 Å². The molecule has 3 rings (SSSR count). The van der Waals surface area contributed by atoms with Crippen LogP contribution < -0.4 is 10.6 Å². The third-order valence-electron chi connectivity index (χ3n) is 2.95. The first-order valence-electron chi connectivity index (χ1n) is 6.98. The van der Waals surface area contributed by atoms with Crippen LogP contribution >= 0.6 is 34.8 Å². The Morgan fingerprint density at radius 1 is 0.625 bits per heavy atom. The zero-order valence-corrected chi connectivity index (χ0v) is 14.5. The fraction of sp³-hybridized carbons (Fsp3) is 0.0625. The van der Waals surface area contributed by atoms with Gasteiger partial charge in [0.1, 0.15) is 0 Å². The van der Waals surface area contributed by atoms with E-state index in [0.717, 1.165) is 11.4 Å². The minimum Gasteiger partial charge on any atom is -0.324 e. The standard InChI is InChI=1S/C16H12Cl3N5/c17-16(18,19)13-22-14(20-11-7-3-1-4-8-11)24-15(23-13)21-12-9-5-2-6-10-12/h1-10H,(H2,20,21,22,23,24). The SMILES string of the molecule is ClC(Cl)(Cl)c1nc(Nc2ccccc2)nc(Nc2ccccc2)n1. The predicted molar refractivity (Wildman–Crippen MR) is 98.5 cm³/mol. The number of para-hydroxylation sites is 2. The lowest BCUT2D eigenvalue weighted by atomic mass is 10.3. The molecule has 0 atom stereocenters. The second-order valence-corrected chi connectivity index (χ2v) is 7.07. The molecule has 0 unspecified atom stereocenters. The summed E-state index contributed by atoms with van der Waals surface area (Å²) in [5, 5.41) is 6.13. The Balaban J connectivity index is 1.94. The number of alkyl halides is 3. The van der Waals surface area contributed by atoms with Crippen molar-refractivity contribution in [2.75, 3.05) is 10.6 Å². The molecule has 1 aromatic heterocycles. The molecule has 0 radical (unpaired) electrons. The summed E-state index contributed by atoms with van der Waals surface area (Å²) in [6, 6.07) is 18.9. The van der Waals surface area contributed by atoms with E-state index < -0.39 is 3.79 Å². The normalized spacial score (nSPS) is 11.1. The third-order valence-corrected chi connectivity index (χ3v) is 3.46. The van der Waals surface area contributed by atoms with Crippen LogP contribution in [0, 0.1) is 0 Å². The lowest BCUT2D eigenvalue weighted by Crippen LogP contribution is -2.13. The average Bonchev–Trinajstić information content (AvgIpc) is 2.56. The number of anilines is 4. The highest BCUT2D eigenvalue weighted by atomic mass is 35.6. The molecule has 0 saturated heterocycles. The quantitative estimate of drug-likeness (QED) is 0.610. The minimum atomic E-state index is -1.76. The number of aromatic nitrogens is 3. The molecule has 0 fully saturated rings. The lowest BCUT2D eigenvalue weighted by Gasteiger charge is -2.14. The van der Waals surface area contributed by atoms with Crippen molar-refractivity contribution < 1.29 is 0 Å². The van der Waals surface area contributed by atoms with Crippen molar-refractivity contribution in [3.63, 3.8) is 0 Å². The number of rotatable bonds is 4. The van der Waals surface area contributed by atoms with Crippen LogP contribution in [0.25, 0.3) is 0 Å². The van der Waals surface area contributed by atoms with Crippen molar-refractivity contribution in [1.29, 1.82) is 0 Å². The largest absolute Gasteiger partial charge is 0.324 e. The summed E-state index contributed by atoms with van der Waals surface area (Å²) >= 11 is 17.8. The second kappa shape index (κ2) is 7.21. The molecule has 0 amide bonds. The maximum absolute atomic E-state index is 5.93. The molecular formula is C16H12Cl3N5. The number of halogens is 3. The Kier molecular flexibility index (Phi) is 5.04. The van der Waals surface area contributed by atoms with Gasteiger partial charge in [0.05, 0.1) is 0 Å². The van der Waals surface area contributed by atoms with Gasteiger partial charge < -0.3 is 10.6 Å². The Morgan fingerprint density at radius 3 is 1.42 bits per heavy atom. The van der Waals surface area contributed by atoms with E-state index in [1.807, 2.05) is 60.7 Å². The highest BCUT2D eigenvalue weighted by molar-refractivity contribution is 6.66. The van der Waals surface area contributed by atoms with E-state index in [9.17, 15) is 0 Å². The summed E-state index contributed by atoms with van der Waals surface area (Å²) in [6.07, 6.45) is 0. The lowest BCUT2D eigenvalue weighted by molar-refractivity contribution is 0.931. The van der Waals surface area contributed by atoms with Crippen molar-refractivity contribution in [2.24, 2.45) is 0 Å². The monoisotopic (exact) mass is 379 g/mol. The molecule has 3 aromatic rings. The van der Waals surface area contributed by atoms with E-state index in [-0.39, 0.29) is 17.7 Å². The number of hydrogen-bond acceptors (Lipinski definition) is 5. The van der Waals surface area contributed by atoms with Crippen molar-refractivity contribution >= 4 is 58.1 Å². The fourth-order valence-electron chi connectivity index (χ4n) is 1.92. The number of hydrogen-bond donors (Lipinski definition) is 2. The number of benzene rings is 2. The number of nitrogens with one attached hydrogen (secondary N) is 2. The van der Waals surface area contributed by atoms with E-state index >= 15 is 0 Å². The van der Waals surface area contributed by atoms with Gasteiger partial charge in [-0.3, -0.25) is 0 Å². The maximum Gasteiger partial charge on any atom is 0.250 e. The molecule has 0 saturated carbocycles. The van der Waals surface area contributed by atoms with Crippen molar-refractivity contribution in [1.82, 2.24) is 15.0 Å². The minimum absolute atomic E-state index is 0.0272. The topological polar surface area (TPSA) is 62.7 Å². The summed E-state index contributed by atoms with van der Waals surface area (Å²) in [6.45, 7) is 0. The second-order valence-electron chi connectivity index (χ2n) is 4.79. The van der Waals surface area contributed by atoms with Crippen LogP contribution in [0.4, 0.5) is 23.3 Å².